The van der Waals surface area contributed by atoms with Gasteiger partial charge in [0.25, 0.3) is 0 Å². The van der Waals surface area contributed by atoms with Crippen LogP contribution in [0.2, 0.25) is 0 Å². The molecule has 0 amide bonds. The molecule has 1 aromatic heterocycles. The van der Waals surface area contributed by atoms with E-state index in [-0.39, 0.29) is 5.78 Å². The summed E-state index contributed by atoms with van der Waals surface area (Å²) in [6.07, 6.45) is 3.65. The Balaban J connectivity index is 2.12. The number of para-hydroxylation sites is 1. The fourth-order valence-corrected chi connectivity index (χ4v) is 2.77. The third-order valence-corrected chi connectivity index (χ3v) is 4.15. The second kappa shape index (κ2) is 6.26. The zero-order chi connectivity index (χ0) is 13.8. The molecule has 0 aliphatic rings. The van der Waals surface area contributed by atoms with Crippen LogP contribution in [0.1, 0.15) is 17.3 Å². The molecule has 0 N–H and O–H groups in total. The molecule has 0 aliphatic carbocycles. The van der Waals surface area contributed by atoms with E-state index in [0.717, 1.165) is 16.7 Å². The molecule has 1 aromatic carbocycles. The Morgan fingerprint density at radius 3 is 2.89 bits per heavy atom. The van der Waals surface area contributed by atoms with Crippen molar-refractivity contribution in [1.29, 1.82) is 0 Å². The second-order valence-electron chi connectivity index (χ2n) is 4.79. The normalized spacial score (nSPS) is 13.1. The van der Waals surface area contributed by atoms with Crippen molar-refractivity contribution >= 4 is 28.5 Å². The lowest BCUT2D eigenvalue weighted by molar-refractivity contribution is 0.0931. The lowest BCUT2D eigenvalue weighted by Gasteiger charge is -2.22. The number of thioether (sulfide) groups is 1. The molecule has 0 aliphatic heterocycles. The van der Waals surface area contributed by atoms with Crippen LogP contribution in [0.4, 0.5) is 0 Å². The Morgan fingerprint density at radius 1 is 1.42 bits per heavy atom. The summed E-state index contributed by atoms with van der Waals surface area (Å²) in [7, 11) is 1.99. The third kappa shape index (κ3) is 3.19. The zero-order valence-electron chi connectivity index (χ0n) is 11.6. The van der Waals surface area contributed by atoms with Crippen LogP contribution >= 0.6 is 11.8 Å². The molecule has 1 atom stereocenters. The summed E-state index contributed by atoms with van der Waals surface area (Å²) in [5, 5.41) is 0.901. The number of carbonyl (C=O) groups excluding carboxylic acids is 1. The van der Waals surface area contributed by atoms with Gasteiger partial charge in [-0.25, -0.2) is 0 Å². The number of rotatable bonds is 6. The van der Waals surface area contributed by atoms with Crippen LogP contribution in [0.25, 0.3) is 11.0 Å². The summed E-state index contributed by atoms with van der Waals surface area (Å²) in [4.78, 5) is 14.4. The largest absolute Gasteiger partial charge is 0.464 e. The highest BCUT2D eigenvalue weighted by Crippen LogP contribution is 2.21. The molecule has 0 radical (unpaired) electrons. The topological polar surface area (TPSA) is 33.5 Å². The van der Waals surface area contributed by atoms with Crippen molar-refractivity contribution in [3.63, 3.8) is 0 Å². The van der Waals surface area contributed by atoms with Crippen LogP contribution in [-0.4, -0.2) is 42.3 Å². The molecule has 1 heterocycles. The van der Waals surface area contributed by atoms with Crippen LogP contribution in [0, 0.1) is 0 Å². The highest BCUT2D eigenvalue weighted by Gasteiger charge is 2.17. The van der Waals surface area contributed by atoms with E-state index in [1.165, 1.54) is 0 Å². The molecular weight excluding hydrogens is 258 g/mol. The maximum atomic E-state index is 12.3. The van der Waals surface area contributed by atoms with Gasteiger partial charge in [0.15, 0.2) is 5.78 Å². The van der Waals surface area contributed by atoms with E-state index in [4.69, 9.17) is 4.42 Å². The summed E-state index contributed by atoms with van der Waals surface area (Å²) in [5.41, 5.74) is 1.45. The number of hydrogen-bond donors (Lipinski definition) is 0. The summed E-state index contributed by atoms with van der Waals surface area (Å²) >= 11 is 1.79. The highest BCUT2D eigenvalue weighted by atomic mass is 32.2. The lowest BCUT2D eigenvalue weighted by atomic mass is 10.1. The van der Waals surface area contributed by atoms with Crippen LogP contribution in [0.5, 0.6) is 0 Å². The van der Waals surface area contributed by atoms with Gasteiger partial charge in [-0.2, -0.15) is 11.8 Å². The molecule has 0 saturated heterocycles. The fourth-order valence-electron chi connectivity index (χ4n) is 2.03. The molecule has 19 heavy (non-hydrogen) atoms. The quantitative estimate of drug-likeness (QED) is 0.759. The molecule has 0 bridgehead atoms. The van der Waals surface area contributed by atoms with Crippen molar-refractivity contribution in [1.82, 2.24) is 4.90 Å². The van der Waals surface area contributed by atoms with Crippen molar-refractivity contribution in [2.75, 3.05) is 25.6 Å². The monoisotopic (exact) mass is 277 g/mol. The summed E-state index contributed by atoms with van der Waals surface area (Å²) in [5.74, 6) is 1.14. The maximum absolute atomic E-state index is 12.3. The van der Waals surface area contributed by atoms with Crippen molar-refractivity contribution in [2.45, 2.75) is 13.0 Å². The number of nitrogens with zero attached hydrogens (tertiary/aromatic N) is 1. The molecular formula is C15H19NO2S. The van der Waals surface area contributed by atoms with E-state index in [1.54, 1.807) is 18.0 Å². The average molecular weight is 277 g/mol. The first-order valence-electron chi connectivity index (χ1n) is 6.32. The van der Waals surface area contributed by atoms with Crippen molar-refractivity contribution < 1.29 is 9.21 Å². The van der Waals surface area contributed by atoms with E-state index >= 15 is 0 Å². The van der Waals surface area contributed by atoms with Gasteiger partial charge >= 0.3 is 0 Å². The number of carbonyl (C=O) groups is 1. The van der Waals surface area contributed by atoms with E-state index < -0.39 is 0 Å². The van der Waals surface area contributed by atoms with Gasteiger partial charge < -0.3 is 4.42 Å². The minimum absolute atomic E-state index is 0.111. The van der Waals surface area contributed by atoms with Crippen molar-refractivity contribution in [3.8, 4) is 0 Å². The number of benzene rings is 1. The molecule has 0 fully saturated rings. The van der Waals surface area contributed by atoms with E-state index in [9.17, 15) is 4.79 Å². The smallest absolute Gasteiger partial charge is 0.180 e. The molecule has 102 valence electrons. The second-order valence-corrected chi connectivity index (χ2v) is 5.70. The first-order chi connectivity index (χ1) is 9.13. The number of hydrogen-bond acceptors (Lipinski definition) is 4. The summed E-state index contributed by atoms with van der Waals surface area (Å²) in [6.45, 7) is 2.56. The van der Waals surface area contributed by atoms with Gasteiger partial charge in [0.2, 0.25) is 0 Å². The number of furan rings is 1. The minimum atomic E-state index is 0.111. The average Bonchev–Trinajstić information content (AvgIpc) is 2.82. The van der Waals surface area contributed by atoms with Gasteiger partial charge in [0.05, 0.1) is 12.1 Å². The van der Waals surface area contributed by atoms with E-state index in [1.807, 2.05) is 31.3 Å². The number of ketones is 1. The van der Waals surface area contributed by atoms with Crippen molar-refractivity contribution in [3.05, 3.63) is 36.1 Å². The number of fused-ring (bicyclic) bond motifs is 1. The molecule has 3 nitrogen and oxygen atoms in total. The van der Waals surface area contributed by atoms with Gasteiger partial charge in [-0.3, -0.25) is 9.69 Å². The first kappa shape index (κ1) is 14.2. The van der Waals surface area contributed by atoms with Gasteiger partial charge in [-0.05, 0) is 26.3 Å². The molecule has 2 rings (SSSR count). The minimum Gasteiger partial charge on any atom is -0.464 e. The zero-order valence-corrected chi connectivity index (χ0v) is 12.4. The first-order valence-corrected chi connectivity index (χ1v) is 7.71. The van der Waals surface area contributed by atoms with Crippen LogP contribution in [-0.2, 0) is 0 Å². The Bertz CT molecular complexity index is 564. The van der Waals surface area contributed by atoms with Crippen LogP contribution < -0.4 is 0 Å². The summed E-state index contributed by atoms with van der Waals surface area (Å²) in [6, 6.07) is 8.03. The fraction of sp³-hybridized carbons (Fsp3) is 0.400. The highest BCUT2D eigenvalue weighted by molar-refractivity contribution is 7.98. The van der Waals surface area contributed by atoms with E-state index in [0.29, 0.717) is 18.2 Å². The molecule has 2 aromatic rings. The van der Waals surface area contributed by atoms with E-state index in [2.05, 4.69) is 18.1 Å². The van der Waals surface area contributed by atoms with Gasteiger partial charge in [0, 0.05) is 17.2 Å². The van der Waals surface area contributed by atoms with Crippen molar-refractivity contribution in [2.24, 2.45) is 0 Å². The maximum Gasteiger partial charge on any atom is 0.180 e. The van der Waals surface area contributed by atoms with Gasteiger partial charge in [-0.15, -0.1) is 0 Å². The van der Waals surface area contributed by atoms with Crippen LogP contribution in [0.3, 0.4) is 0 Å². The van der Waals surface area contributed by atoms with Gasteiger partial charge in [-0.1, -0.05) is 18.2 Å². The predicted octanol–water partition coefficient (Wildman–Crippen LogP) is 3.30. The Kier molecular flexibility index (Phi) is 4.66. The Labute approximate surface area is 118 Å². The van der Waals surface area contributed by atoms with Gasteiger partial charge in [0.1, 0.15) is 11.8 Å². The Morgan fingerprint density at radius 2 is 2.16 bits per heavy atom. The number of likely N-dealkylation sites (N-methyl/N-ethyl adjacent to an activating group) is 1. The molecule has 0 spiro atoms. The summed E-state index contributed by atoms with van der Waals surface area (Å²) < 4.78 is 5.42. The standard InChI is InChI=1S/C15H19NO2S/c1-11(10-19-3)16(2)8-14(17)13-9-18-15-7-5-4-6-12(13)15/h4-7,9,11H,8,10H2,1-3H3. The molecule has 4 heteroatoms. The third-order valence-electron chi connectivity index (χ3n) is 3.33. The van der Waals surface area contributed by atoms with Crippen LogP contribution in [0.15, 0.2) is 34.9 Å². The number of Topliss-reactive ketones (excluding diaryl/α,β-unsaturated/α-hetero) is 1. The molecule has 0 saturated carbocycles. The lowest BCUT2D eigenvalue weighted by Crippen LogP contribution is -2.35. The molecule has 1 unspecified atom stereocenters. The predicted molar refractivity (Wildman–Crippen MR) is 81.0 cm³/mol. The SMILES string of the molecule is CSCC(C)N(C)CC(=O)c1coc2ccccc12. The Hall–Kier alpha value is -1.26.